The molecule has 1 aliphatic heterocycles. The average Bonchev–Trinajstić information content (AvgIpc) is 3.53. The van der Waals surface area contributed by atoms with E-state index in [1.54, 1.807) is 23.4 Å². The lowest BCUT2D eigenvalue weighted by atomic mass is 10.0. The molecule has 3 heterocycles. The summed E-state index contributed by atoms with van der Waals surface area (Å²) in [5.41, 5.74) is 5.10. The third-order valence-electron chi connectivity index (χ3n) is 7.20. The molecule has 0 N–H and O–H groups in total. The highest BCUT2D eigenvalue weighted by Gasteiger charge is 2.24. The number of hydrogen-bond acceptors (Lipinski definition) is 6. The molecular weight excluding hydrogens is 504 g/mol. The predicted octanol–water partition coefficient (Wildman–Crippen LogP) is 4.92. The van der Waals surface area contributed by atoms with Crippen LogP contribution in [0.25, 0.3) is 16.8 Å². The number of carbonyl (C=O) groups excluding carboxylic acids is 2. The molecule has 2 aromatic heterocycles. The van der Waals surface area contributed by atoms with Gasteiger partial charge in [0.25, 0.3) is 11.8 Å². The van der Waals surface area contributed by atoms with E-state index in [2.05, 4.69) is 21.2 Å². The molecule has 0 atom stereocenters. The van der Waals surface area contributed by atoms with Gasteiger partial charge in [0.2, 0.25) is 0 Å². The quantitative estimate of drug-likeness (QED) is 0.358. The number of methoxy groups -OCH3 is 1. The molecule has 0 aliphatic carbocycles. The van der Waals surface area contributed by atoms with Crippen molar-refractivity contribution in [2.24, 2.45) is 0 Å². The third kappa shape index (κ3) is 6.43. The van der Waals surface area contributed by atoms with E-state index in [4.69, 9.17) is 4.74 Å². The number of rotatable bonds is 5. The Morgan fingerprint density at radius 3 is 2.45 bits per heavy atom. The minimum Gasteiger partial charge on any atom is -0.375 e. The number of nitrogens with zero attached hydrogens (tertiary/aromatic N) is 6. The molecule has 2 amide bonds. The number of aromatic nitrogens is 4. The van der Waals surface area contributed by atoms with Gasteiger partial charge in [-0.3, -0.25) is 19.1 Å². The van der Waals surface area contributed by atoms with E-state index in [0.29, 0.717) is 25.2 Å². The molecule has 9 heteroatoms. The Bertz CT molecular complexity index is 1420. The van der Waals surface area contributed by atoms with Gasteiger partial charge in [-0.05, 0) is 65.9 Å². The molecule has 5 rings (SSSR count). The van der Waals surface area contributed by atoms with E-state index in [9.17, 15) is 9.59 Å². The molecule has 40 heavy (non-hydrogen) atoms. The third-order valence-corrected chi connectivity index (χ3v) is 7.20. The van der Waals surface area contributed by atoms with Gasteiger partial charge in [-0.1, -0.05) is 37.5 Å². The van der Waals surface area contributed by atoms with Crippen molar-refractivity contribution in [3.63, 3.8) is 0 Å². The Morgan fingerprint density at radius 2 is 1.68 bits per heavy atom. The summed E-state index contributed by atoms with van der Waals surface area (Å²) in [6.45, 7) is 1.60. The van der Waals surface area contributed by atoms with Gasteiger partial charge in [-0.25, -0.2) is 0 Å². The second-order valence-electron chi connectivity index (χ2n) is 9.98. The van der Waals surface area contributed by atoms with Crippen molar-refractivity contribution < 1.29 is 14.3 Å². The van der Waals surface area contributed by atoms with Gasteiger partial charge in [0.1, 0.15) is 19.3 Å². The maximum absolute atomic E-state index is 14.0. The number of benzene rings is 2. The summed E-state index contributed by atoms with van der Waals surface area (Å²) in [5.74, 6) is -0.145. The highest BCUT2D eigenvalue weighted by Crippen LogP contribution is 2.30. The lowest BCUT2D eigenvalue weighted by Gasteiger charge is -2.30. The molecule has 0 fully saturated rings. The summed E-state index contributed by atoms with van der Waals surface area (Å²) in [5, 5.41) is 7.77. The van der Waals surface area contributed by atoms with Crippen LogP contribution in [-0.2, 0) is 16.1 Å². The van der Waals surface area contributed by atoms with E-state index in [1.165, 1.54) is 7.11 Å². The Kier molecular flexibility index (Phi) is 8.93. The normalized spacial score (nSPS) is 14.6. The molecule has 9 nitrogen and oxygen atoms in total. The molecule has 0 saturated carbocycles. The zero-order chi connectivity index (χ0) is 27.7. The maximum atomic E-state index is 14.0. The smallest absolute Gasteiger partial charge is 0.254 e. The zero-order valence-electron chi connectivity index (χ0n) is 22.8. The topological polar surface area (TPSA) is 93.5 Å². The lowest BCUT2D eigenvalue weighted by molar-refractivity contribution is -0.122. The van der Waals surface area contributed by atoms with Gasteiger partial charge in [-0.15, -0.1) is 10.2 Å². The van der Waals surface area contributed by atoms with Gasteiger partial charge in [0, 0.05) is 56.1 Å². The van der Waals surface area contributed by atoms with Crippen LogP contribution in [-0.4, -0.2) is 63.3 Å². The van der Waals surface area contributed by atoms with Crippen LogP contribution in [0, 0.1) is 0 Å². The summed E-state index contributed by atoms with van der Waals surface area (Å²) < 4.78 is 7.00. The van der Waals surface area contributed by atoms with Crippen LogP contribution in [0.3, 0.4) is 0 Å². The van der Waals surface area contributed by atoms with E-state index in [-0.39, 0.29) is 18.4 Å². The molecule has 0 unspecified atom stereocenters. The van der Waals surface area contributed by atoms with E-state index in [0.717, 1.165) is 60.2 Å². The number of pyridine rings is 1. The highest BCUT2D eigenvalue weighted by atomic mass is 16.5. The lowest BCUT2D eigenvalue weighted by Crippen LogP contribution is -2.37. The molecule has 206 valence electrons. The molecular formula is C31H34N6O3. The summed E-state index contributed by atoms with van der Waals surface area (Å²) in [4.78, 5) is 35.2. The van der Waals surface area contributed by atoms with E-state index < -0.39 is 0 Å². The van der Waals surface area contributed by atoms with Gasteiger partial charge in [0.15, 0.2) is 0 Å². The van der Waals surface area contributed by atoms with Gasteiger partial charge < -0.3 is 14.5 Å². The number of fused-ring (bicyclic) bond motifs is 1. The Labute approximate surface area is 234 Å². The Morgan fingerprint density at radius 1 is 0.875 bits per heavy atom. The van der Waals surface area contributed by atoms with Crippen molar-refractivity contribution >= 4 is 17.5 Å². The van der Waals surface area contributed by atoms with Crippen molar-refractivity contribution in [1.29, 1.82) is 0 Å². The zero-order valence-corrected chi connectivity index (χ0v) is 22.8. The number of ether oxygens (including phenoxy) is 1. The Hall–Kier alpha value is -4.37. The first-order valence-corrected chi connectivity index (χ1v) is 13.7. The van der Waals surface area contributed by atoms with E-state index in [1.807, 2.05) is 64.5 Å². The Balaban J connectivity index is 1.55. The van der Waals surface area contributed by atoms with Crippen LogP contribution >= 0.6 is 0 Å². The van der Waals surface area contributed by atoms with Crippen molar-refractivity contribution in [3.05, 3.63) is 90.8 Å². The van der Waals surface area contributed by atoms with Crippen LogP contribution in [0.5, 0.6) is 0 Å². The molecule has 0 radical (unpaired) electrons. The van der Waals surface area contributed by atoms with Crippen molar-refractivity contribution in [3.8, 4) is 16.8 Å². The van der Waals surface area contributed by atoms with Gasteiger partial charge >= 0.3 is 0 Å². The van der Waals surface area contributed by atoms with E-state index >= 15 is 0 Å². The minimum atomic E-state index is -0.0885. The molecule has 0 saturated heterocycles. The fourth-order valence-electron chi connectivity index (χ4n) is 5.15. The van der Waals surface area contributed by atoms with Crippen LogP contribution in [0.1, 0.15) is 48.0 Å². The van der Waals surface area contributed by atoms with Gasteiger partial charge in [-0.2, -0.15) is 0 Å². The number of anilines is 1. The second-order valence-corrected chi connectivity index (χ2v) is 9.98. The molecule has 0 spiro atoms. The summed E-state index contributed by atoms with van der Waals surface area (Å²) in [6.07, 6.45) is 11.7. The summed E-state index contributed by atoms with van der Waals surface area (Å²) in [6, 6.07) is 17.5. The molecule has 4 aromatic rings. The second kappa shape index (κ2) is 13.1. The summed E-state index contributed by atoms with van der Waals surface area (Å²) >= 11 is 0. The van der Waals surface area contributed by atoms with Crippen LogP contribution < -0.4 is 4.90 Å². The van der Waals surface area contributed by atoms with Crippen LogP contribution in [0.15, 0.2) is 79.6 Å². The van der Waals surface area contributed by atoms with Crippen LogP contribution in [0.2, 0.25) is 0 Å². The number of hydrogen-bond donors (Lipinski definition) is 0. The fourth-order valence-corrected chi connectivity index (χ4v) is 5.15. The first-order chi connectivity index (χ1) is 19.6. The standard InChI is InChI=1S/C31H34N6O3/c1-40-21-30(38)37-16-6-4-2-3-5-15-35(31(39)25-9-7-11-28(18-25)36-22-33-34-23-36)20-27-17-24(12-13-29(27)37)26-10-8-14-32-19-26/h7-14,17-19,22-23H,2-6,15-16,20-21H2,1H3. The van der Waals surface area contributed by atoms with Crippen molar-refractivity contribution in [1.82, 2.24) is 24.6 Å². The monoisotopic (exact) mass is 538 g/mol. The average molecular weight is 539 g/mol. The fraction of sp³-hybridized carbons (Fsp3) is 0.323. The number of amides is 2. The minimum absolute atomic E-state index is 0.00232. The summed E-state index contributed by atoms with van der Waals surface area (Å²) in [7, 11) is 1.54. The van der Waals surface area contributed by atoms with Gasteiger partial charge in [0.05, 0.1) is 0 Å². The maximum Gasteiger partial charge on any atom is 0.254 e. The van der Waals surface area contributed by atoms with Crippen molar-refractivity contribution in [2.75, 3.05) is 31.7 Å². The number of carbonyl (C=O) groups is 2. The first kappa shape index (κ1) is 27.2. The SMILES string of the molecule is COCC(=O)N1CCCCCCCN(C(=O)c2cccc(-n3cnnc3)c2)Cc2cc(-c3cccnc3)ccc21. The molecule has 1 aliphatic rings. The van der Waals surface area contributed by atoms with Crippen LogP contribution in [0.4, 0.5) is 5.69 Å². The van der Waals surface area contributed by atoms with Crippen molar-refractivity contribution in [2.45, 2.75) is 38.6 Å². The highest BCUT2D eigenvalue weighted by molar-refractivity contribution is 5.96. The molecule has 0 bridgehead atoms. The largest absolute Gasteiger partial charge is 0.375 e. The first-order valence-electron chi connectivity index (χ1n) is 13.7. The molecule has 2 aromatic carbocycles. The predicted molar refractivity (Wildman–Crippen MR) is 153 cm³/mol.